The van der Waals surface area contributed by atoms with E-state index in [1.807, 2.05) is 0 Å². The van der Waals surface area contributed by atoms with Crippen LogP contribution in [-0.4, -0.2) is 48.4 Å². The molecule has 1 aliphatic rings. The van der Waals surface area contributed by atoms with Crippen LogP contribution < -0.4 is 5.01 Å². The lowest BCUT2D eigenvalue weighted by molar-refractivity contribution is -0.146. The number of hydrogen-bond acceptors (Lipinski definition) is 6. The van der Waals surface area contributed by atoms with Gasteiger partial charge >= 0.3 is 12.0 Å². The summed E-state index contributed by atoms with van der Waals surface area (Å²) in [5, 5.41) is 18.6. The van der Waals surface area contributed by atoms with Gasteiger partial charge in [-0.15, -0.1) is 11.3 Å². The minimum Gasteiger partial charge on any atom is -0.504 e. The van der Waals surface area contributed by atoms with Crippen LogP contribution in [0.1, 0.15) is 19.8 Å². The van der Waals surface area contributed by atoms with Crippen molar-refractivity contribution in [3.8, 4) is 16.2 Å². The quantitative estimate of drug-likeness (QED) is 0.376. The highest BCUT2D eigenvalue weighted by atomic mass is 35.5. The molecule has 0 bridgehead atoms. The van der Waals surface area contributed by atoms with Crippen LogP contribution >= 0.6 is 34.5 Å². The molecule has 10 heteroatoms. The number of piperidine rings is 1. The van der Waals surface area contributed by atoms with Gasteiger partial charge in [0.1, 0.15) is 5.69 Å². The Morgan fingerprint density at radius 1 is 1.30 bits per heavy atom. The molecule has 7 nitrogen and oxygen atoms in total. The maximum absolute atomic E-state index is 13.1. The van der Waals surface area contributed by atoms with Gasteiger partial charge in [0.05, 0.1) is 28.0 Å². The molecule has 0 aliphatic carbocycles. The van der Waals surface area contributed by atoms with Gasteiger partial charge in [-0.25, -0.2) is 4.79 Å². The molecule has 0 atom stereocenters. The van der Waals surface area contributed by atoms with E-state index in [0.717, 1.165) is 0 Å². The SMILES string of the molecule is CC=NN(C(=O)N1CCC(C(=O)OC)CC1)c1csc(-c2ccc(Cl)c(Cl)c2)c1O. The van der Waals surface area contributed by atoms with Crippen molar-refractivity contribution in [2.75, 3.05) is 25.2 Å². The number of hydrazone groups is 1. The summed E-state index contributed by atoms with van der Waals surface area (Å²) in [6, 6.07) is 4.68. The standard InChI is InChI=1S/C20H21Cl2N3O4S/c1-3-23-25(20(28)24-8-6-12(7-9-24)19(27)29-2)16-11-30-18(17(16)26)13-4-5-14(21)15(22)10-13/h3-5,10-12,26H,6-9H2,1-2H3. The van der Waals surface area contributed by atoms with Gasteiger partial charge in [0.25, 0.3) is 0 Å². The van der Waals surface area contributed by atoms with Crippen molar-refractivity contribution < 1.29 is 19.4 Å². The van der Waals surface area contributed by atoms with Crippen LogP contribution in [-0.2, 0) is 9.53 Å². The monoisotopic (exact) mass is 469 g/mol. The van der Waals surface area contributed by atoms with Crippen molar-refractivity contribution in [3.05, 3.63) is 33.6 Å². The number of hydrogen-bond donors (Lipinski definition) is 1. The van der Waals surface area contributed by atoms with E-state index in [1.54, 1.807) is 35.4 Å². The van der Waals surface area contributed by atoms with E-state index >= 15 is 0 Å². The van der Waals surface area contributed by atoms with Crippen LogP contribution in [0.25, 0.3) is 10.4 Å². The predicted molar refractivity (Wildman–Crippen MR) is 120 cm³/mol. The Bertz CT molecular complexity index is 971. The predicted octanol–water partition coefficient (Wildman–Crippen LogP) is 5.24. The van der Waals surface area contributed by atoms with Crippen molar-refractivity contribution in [2.45, 2.75) is 19.8 Å². The van der Waals surface area contributed by atoms with Gasteiger partial charge in [0, 0.05) is 24.7 Å². The number of esters is 1. The number of nitrogens with zero attached hydrogens (tertiary/aromatic N) is 3. The van der Waals surface area contributed by atoms with Crippen LogP contribution in [0.2, 0.25) is 10.0 Å². The molecule has 0 saturated carbocycles. The Balaban J connectivity index is 1.83. The molecule has 30 heavy (non-hydrogen) atoms. The van der Waals surface area contributed by atoms with Gasteiger partial charge in [-0.1, -0.05) is 29.3 Å². The summed E-state index contributed by atoms with van der Waals surface area (Å²) >= 11 is 13.3. The third-order valence-electron chi connectivity index (χ3n) is 4.87. The molecule has 2 heterocycles. The molecular weight excluding hydrogens is 449 g/mol. The number of carbonyl (C=O) groups is 2. The van der Waals surface area contributed by atoms with Crippen LogP contribution in [0.4, 0.5) is 10.5 Å². The molecule has 3 rings (SSSR count). The first-order valence-corrected chi connectivity index (χ1v) is 10.9. The van der Waals surface area contributed by atoms with Gasteiger partial charge in [0.15, 0.2) is 5.75 Å². The molecule has 2 amide bonds. The number of amides is 2. The maximum Gasteiger partial charge on any atom is 0.345 e. The molecule has 0 spiro atoms. The van der Waals surface area contributed by atoms with Gasteiger partial charge in [-0.3, -0.25) is 4.79 Å². The average Bonchev–Trinajstić information content (AvgIpc) is 3.14. The second-order valence-electron chi connectivity index (χ2n) is 6.68. The second-order valence-corrected chi connectivity index (χ2v) is 8.37. The van der Waals surface area contributed by atoms with Crippen molar-refractivity contribution in [1.82, 2.24) is 4.90 Å². The minimum atomic E-state index is -0.370. The molecule has 0 unspecified atom stereocenters. The van der Waals surface area contributed by atoms with E-state index in [0.29, 0.717) is 46.4 Å². The molecule has 1 aromatic heterocycles. The molecule has 1 fully saturated rings. The number of carbonyl (C=O) groups excluding carboxylic acids is 2. The molecule has 1 saturated heterocycles. The fraction of sp³-hybridized carbons (Fsp3) is 0.350. The van der Waals surface area contributed by atoms with E-state index in [1.165, 1.54) is 29.7 Å². The van der Waals surface area contributed by atoms with E-state index in [2.05, 4.69) is 5.10 Å². The van der Waals surface area contributed by atoms with Gasteiger partial charge < -0.3 is 14.7 Å². The number of benzene rings is 1. The number of halogens is 2. The largest absolute Gasteiger partial charge is 0.504 e. The molecule has 0 radical (unpaired) electrons. The number of urea groups is 1. The summed E-state index contributed by atoms with van der Waals surface area (Å²) in [4.78, 5) is 27.0. The third kappa shape index (κ3) is 4.55. The number of thiophene rings is 1. The highest BCUT2D eigenvalue weighted by Crippen LogP contribution is 2.45. The fourth-order valence-electron chi connectivity index (χ4n) is 3.27. The summed E-state index contributed by atoms with van der Waals surface area (Å²) < 4.78 is 4.79. The summed E-state index contributed by atoms with van der Waals surface area (Å²) in [7, 11) is 1.36. The number of likely N-dealkylation sites (tertiary alicyclic amines) is 1. The van der Waals surface area contributed by atoms with Gasteiger partial charge in [0.2, 0.25) is 0 Å². The van der Waals surface area contributed by atoms with Gasteiger partial charge in [-0.2, -0.15) is 10.1 Å². The molecule has 1 N–H and O–H groups in total. The Morgan fingerprint density at radius 2 is 2.00 bits per heavy atom. The number of methoxy groups -OCH3 is 1. The lowest BCUT2D eigenvalue weighted by Crippen LogP contribution is -2.46. The van der Waals surface area contributed by atoms with Crippen molar-refractivity contribution >= 4 is 58.4 Å². The van der Waals surface area contributed by atoms with Crippen molar-refractivity contribution in [3.63, 3.8) is 0 Å². The first-order valence-electron chi connectivity index (χ1n) is 9.28. The van der Waals surface area contributed by atoms with Crippen LogP contribution in [0.3, 0.4) is 0 Å². The number of ether oxygens (including phenoxy) is 1. The van der Waals surface area contributed by atoms with E-state index in [4.69, 9.17) is 27.9 Å². The topological polar surface area (TPSA) is 82.4 Å². The summed E-state index contributed by atoms with van der Waals surface area (Å²) in [6.07, 6.45) is 2.52. The van der Waals surface area contributed by atoms with Crippen LogP contribution in [0.15, 0.2) is 28.7 Å². The summed E-state index contributed by atoms with van der Waals surface area (Å²) in [5.74, 6) is -0.535. The van der Waals surface area contributed by atoms with Crippen LogP contribution in [0, 0.1) is 5.92 Å². The Labute approximate surface area is 188 Å². The summed E-state index contributed by atoms with van der Waals surface area (Å²) in [5.41, 5.74) is 0.962. The maximum atomic E-state index is 13.1. The van der Waals surface area contributed by atoms with Gasteiger partial charge in [-0.05, 0) is 37.5 Å². The average molecular weight is 470 g/mol. The highest BCUT2D eigenvalue weighted by Gasteiger charge is 2.32. The first-order chi connectivity index (χ1) is 14.4. The third-order valence-corrected chi connectivity index (χ3v) is 6.61. The molecule has 2 aromatic rings. The second kappa shape index (κ2) is 9.68. The zero-order chi connectivity index (χ0) is 21.8. The smallest absolute Gasteiger partial charge is 0.345 e. The van der Waals surface area contributed by atoms with Crippen LogP contribution in [0.5, 0.6) is 5.75 Å². The lowest BCUT2D eigenvalue weighted by atomic mass is 9.97. The van der Waals surface area contributed by atoms with E-state index in [9.17, 15) is 14.7 Å². The molecular formula is C20H21Cl2N3O4S. The Hall–Kier alpha value is -2.29. The van der Waals surface area contributed by atoms with Crippen molar-refractivity contribution in [1.29, 1.82) is 0 Å². The normalized spacial score (nSPS) is 14.9. The zero-order valence-electron chi connectivity index (χ0n) is 16.5. The number of anilines is 1. The zero-order valence-corrected chi connectivity index (χ0v) is 18.8. The van der Waals surface area contributed by atoms with Crippen molar-refractivity contribution in [2.24, 2.45) is 11.0 Å². The summed E-state index contributed by atoms with van der Waals surface area (Å²) in [6.45, 7) is 2.49. The Kier molecular flexibility index (Phi) is 7.23. The number of rotatable bonds is 4. The van der Waals surface area contributed by atoms with E-state index in [-0.39, 0.29) is 29.4 Å². The molecule has 160 valence electrons. The fourth-order valence-corrected chi connectivity index (χ4v) is 4.49. The Morgan fingerprint density at radius 3 is 2.60 bits per heavy atom. The molecule has 1 aromatic carbocycles. The number of aromatic hydroxyl groups is 1. The first kappa shape index (κ1) is 22.4. The lowest BCUT2D eigenvalue weighted by Gasteiger charge is -2.33. The van der Waals surface area contributed by atoms with E-state index < -0.39 is 0 Å². The highest BCUT2D eigenvalue weighted by molar-refractivity contribution is 7.14. The minimum absolute atomic E-state index is 0.0678. The molecule has 1 aliphatic heterocycles.